The molecule has 1 aromatic carbocycles. The number of amides is 2. The number of carbonyl (C=O) groups is 1. The summed E-state index contributed by atoms with van der Waals surface area (Å²) in [6, 6.07) is 8.40. The van der Waals surface area contributed by atoms with Crippen LogP contribution in [0.15, 0.2) is 36.7 Å². The lowest BCUT2D eigenvalue weighted by Crippen LogP contribution is -2.49. The van der Waals surface area contributed by atoms with Gasteiger partial charge in [0.05, 0.1) is 18.1 Å². The van der Waals surface area contributed by atoms with Crippen molar-refractivity contribution in [1.82, 2.24) is 14.9 Å². The van der Waals surface area contributed by atoms with Gasteiger partial charge in [0, 0.05) is 31.4 Å². The number of aromatic nitrogens is 2. The quantitative estimate of drug-likeness (QED) is 0.915. The van der Waals surface area contributed by atoms with E-state index in [0.717, 1.165) is 56.1 Å². The highest BCUT2D eigenvalue weighted by Gasteiger charge is 2.30. The third-order valence-electron chi connectivity index (χ3n) is 5.18. The van der Waals surface area contributed by atoms with Gasteiger partial charge in [-0.25, -0.2) is 14.8 Å². The number of anilines is 2. The molecular formula is C19H23N5O. The lowest BCUT2D eigenvalue weighted by Gasteiger charge is -2.38. The van der Waals surface area contributed by atoms with Gasteiger partial charge in [-0.3, -0.25) is 0 Å². The van der Waals surface area contributed by atoms with E-state index >= 15 is 0 Å². The van der Waals surface area contributed by atoms with Crippen molar-refractivity contribution in [2.24, 2.45) is 0 Å². The maximum atomic E-state index is 12.6. The van der Waals surface area contributed by atoms with Crippen molar-refractivity contribution in [3.8, 4) is 0 Å². The molecule has 1 N–H and O–H groups in total. The van der Waals surface area contributed by atoms with Gasteiger partial charge in [0.25, 0.3) is 0 Å². The van der Waals surface area contributed by atoms with Crippen LogP contribution in [0.1, 0.15) is 24.2 Å². The Bertz CT molecular complexity index is 753. The Morgan fingerprint density at radius 3 is 2.56 bits per heavy atom. The third kappa shape index (κ3) is 3.29. The monoisotopic (exact) mass is 337 g/mol. The summed E-state index contributed by atoms with van der Waals surface area (Å²) in [5.41, 5.74) is 3.23. The number of para-hydroxylation sites is 1. The number of fused-ring (bicyclic) bond motifs is 1. The Morgan fingerprint density at radius 1 is 1.08 bits per heavy atom. The largest absolute Gasteiger partial charge is 0.369 e. The number of carbonyl (C=O) groups excluding carboxylic acids is 1. The number of nitrogens with zero attached hydrogens (tertiary/aromatic N) is 4. The Hall–Kier alpha value is -2.63. The lowest BCUT2D eigenvalue weighted by molar-refractivity contribution is 0.177. The van der Waals surface area contributed by atoms with Crippen molar-refractivity contribution in [3.05, 3.63) is 48.0 Å². The van der Waals surface area contributed by atoms with E-state index in [4.69, 9.17) is 0 Å². The molecule has 6 heteroatoms. The van der Waals surface area contributed by atoms with Crippen LogP contribution in [0.5, 0.6) is 0 Å². The standard InChI is InChI=1S/C19H23N5O/c1-14-20-12-17(13-21-14)23-9-7-16(8-10-23)24-11-6-15-4-2-3-5-18(15)22-19(24)25/h2-5,12-13,16H,6-11H2,1H3,(H,22,25). The third-order valence-corrected chi connectivity index (χ3v) is 5.18. The molecule has 4 rings (SSSR count). The van der Waals surface area contributed by atoms with E-state index in [1.54, 1.807) is 0 Å². The molecule has 3 heterocycles. The van der Waals surface area contributed by atoms with Crippen molar-refractivity contribution < 1.29 is 4.79 Å². The van der Waals surface area contributed by atoms with Crippen LogP contribution in [0.4, 0.5) is 16.2 Å². The van der Waals surface area contributed by atoms with E-state index in [2.05, 4.69) is 26.3 Å². The molecular weight excluding hydrogens is 314 g/mol. The second kappa shape index (κ2) is 6.70. The highest BCUT2D eigenvalue weighted by Crippen LogP contribution is 2.26. The molecule has 0 radical (unpaired) electrons. The van der Waals surface area contributed by atoms with Crippen LogP contribution in [-0.2, 0) is 6.42 Å². The predicted molar refractivity (Wildman–Crippen MR) is 97.9 cm³/mol. The van der Waals surface area contributed by atoms with Crippen LogP contribution in [0.3, 0.4) is 0 Å². The van der Waals surface area contributed by atoms with E-state index < -0.39 is 0 Å². The van der Waals surface area contributed by atoms with Gasteiger partial charge in [-0.15, -0.1) is 0 Å². The zero-order valence-electron chi connectivity index (χ0n) is 14.5. The van der Waals surface area contributed by atoms with Crippen LogP contribution in [0, 0.1) is 6.92 Å². The fourth-order valence-corrected chi connectivity index (χ4v) is 3.72. The van der Waals surface area contributed by atoms with E-state index in [1.807, 2.05) is 42.4 Å². The number of hydrogen-bond donors (Lipinski definition) is 1. The predicted octanol–water partition coefficient (Wildman–Crippen LogP) is 2.84. The maximum Gasteiger partial charge on any atom is 0.322 e. The Balaban J connectivity index is 1.41. The molecule has 0 atom stereocenters. The van der Waals surface area contributed by atoms with Crippen LogP contribution in [0.2, 0.25) is 0 Å². The highest BCUT2D eigenvalue weighted by atomic mass is 16.2. The number of hydrogen-bond acceptors (Lipinski definition) is 4. The van der Waals surface area contributed by atoms with Crippen molar-refractivity contribution in [1.29, 1.82) is 0 Å². The summed E-state index contributed by atoms with van der Waals surface area (Å²) in [4.78, 5) is 25.5. The van der Waals surface area contributed by atoms with Gasteiger partial charge >= 0.3 is 6.03 Å². The topological polar surface area (TPSA) is 61.4 Å². The molecule has 2 amide bonds. The summed E-state index contributed by atoms with van der Waals surface area (Å²) < 4.78 is 0. The van der Waals surface area contributed by atoms with Gasteiger partial charge in [-0.05, 0) is 37.8 Å². The molecule has 0 bridgehead atoms. The van der Waals surface area contributed by atoms with Crippen LogP contribution in [-0.4, -0.2) is 46.6 Å². The average Bonchev–Trinajstić information content (AvgIpc) is 2.81. The fourth-order valence-electron chi connectivity index (χ4n) is 3.72. The minimum absolute atomic E-state index is 0.0297. The van der Waals surface area contributed by atoms with Gasteiger partial charge in [0.2, 0.25) is 0 Å². The highest BCUT2D eigenvalue weighted by molar-refractivity contribution is 5.91. The number of aryl methyl sites for hydroxylation is 1. The Morgan fingerprint density at radius 2 is 1.80 bits per heavy atom. The molecule has 1 fully saturated rings. The second-order valence-electron chi connectivity index (χ2n) is 6.74. The number of nitrogens with one attached hydrogen (secondary N) is 1. The smallest absolute Gasteiger partial charge is 0.322 e. The maximum absolute atomic E-state index is 12.6. The minimum atomic E-state index is 0.0297. The summed E-state index contributed by atoms with van der Waals surface area (Å²) >= 11 is 0. The molecule has 6 nitrogen and oxygen atoms in total. The average molecular weight is 337 g/mol. The number of piperidine rings is 1. The van der Waals surface area contributed by atoms with E-state index in [0.29, 0.717) is 0 Å². The van der Waals surface area contributed by atoms with Crippen LogP contribution >= 0.6 is 0 Å². The molecule has 2 aliphatic heterocycles. The second-order valence-corrected chi connectivity index (χ2v) is 6.74. The zero-order valence-corrected chi connectivity index (χ0v) is 14.5. The van der Waals surface area contributed by atoms with Crippen molar-refractivity contribution in [2.75, 3.05) is 29.9 Å². The Kier molecular flexibility index (Phi) is 4.26. The SMILES string of the molecule is Cc1ncc(N2CCC(N3CCc4ccccc4NC3=O)CC2)cn1. The van der Waals surface area contributed by atoms with Gasteiger partial charge in [-0.2, -0.15) is 0 Å². The Labute approximate surface area is 147 Å². The molecule has 1 saturated heterocycles. The summed E-state index contributed by atoms with van der Waals surface area (Å²) in [6.07, 6.45) is 6.62. The van der Waals surface area contributed by atoms with Gasteiger partial charge in [-0.1, -0.05) is 18.2 Å². The fraction of sp³-hybridized carbons (Fsp3) is 0.421. The van der Waals surface area contributed by atoms with Crippen LogP contribution in [0.25, 0.3) is 0 Å². The van der Waals surface area contributed by atoms with Gasteiger partial charge in [0.15, 0.2) is 0 Å². The van der Waals surface area contributed by atoms with Crippen molar-refractivity contribution >= 4 is 17.4 Å². The first-order chi connectivity index (χ1) is 12.2. The molecule has 0 spiro atoms. The normalized spacial score (nSPS) is 18.5. The number of benzene rings is 1. The van der Waals surface area contributed by atoms with Crippen molar-refractivity contribution in [2.45, 2.75) is 32.2 Å². The molecule has 25 heavy (non-hydrogen) atoms. The summed E-state index contributed by atoms with van der Waals surface area (Å²) in [7, 11) is 0. The summed E-state index contributed by atoms with van der Waals surface area (Å²) in [6.45, 7) is 4.52. The first-order valence-corrected chi connectivity index (χ1v) is 8.90. The van der Waals surface area contributed by atoms with E-state index in [1.165, 1.54) is 5.56 Å². The lowest BCUT2D eigenvalue weighted by atomic mass is 10.0. The van der Waals surface area contributed by atoms with Gasteiger partial charge in [0.1, 0.15) is 5.82 Å². The summed E-state index contributed by atoms with van der Waals surface area (Å²) in [5.74, 6) is 0.791. The molecule has 2 aliphatic rings. The molecule has 0 aliphatic carbocycles. The molecule has 2 aromatic rings. The summed E-state index contributed by atoms with van der Waals surface area (Å²) in [5, 5.41) is 3.07. The molecule has 0 saturated carbocycles. The van der Waals surface area contributed by atoms with Crippen LogP contribution < -0.4 is 10.2 Å². The minimum Gasteiger partial charge on any atom is -0.369 e. The van der Waals surface area contributed by atoms with Gasteiger partial charge < -0.3 is 15.1 Å². The molecule has 1 aromatic heterocycles. The molecule has 0 unspecified atom stereocenters. The van der Waals surface area contributed by atoms with E-state index in [-0.39, 0.29) is 12.1 Å². The first-order valence-electron chi connectivity index (χ1n) is 8.90. The number of urea groups is 1. The first kappa shape index (κ1) is 15.9. The number of rotatable bonds is 2. The van der Waals surface area contributed by atoms with E-state index in [9.17, 15) is 4.79 Å². The zero-order chi connectivity index (χ0) is 17.2. The van der Waals surface area contributed by atoms with Crippen molar-refractivity contribution in [3.63, 3.8) is 0 Å². The molecule has 130 valence electrons.